The van der Waals surface area contributed by atoms with E-state index < -0.39 is 10.8 Å². The number of likely N-dealkylation sites (tertiary alicyclic amines) is 1. The van der Waals surface area contributed by atoms with Crippen LogP contribution >= 0.6 is 11.8 Å². The van der Waals surface area contributed by atoms with E-state index in [1.54, 1.807) is 11.8 Å². The Bertz CT molecular complexity index is 628. The van der Waals surface area contributed by atoms with Gasteiger partial charge in [-0.2, -0.15) is 11.8 Å². The highest BCUT2D eigenvalue weighted by Gasteiger charge is 2.82. The largest absolute Gasteiger partial charge is 0.364 e. The van der Waals surface area contributed by atoms with Gasteiger partial charge in [0, 0.05) is 17.2 Å². The van der Waals surface area contributed by atoms with Crippen LogP contribution in [0.25, 0.3) is 0 Å². The lowest BCUT2D eigenvalue weighted by Crippen LogP contribution is -2.50. The van der Waals surface area contributed by atoms with E-state index in [1.165, 1.54) is 4.90 Å². The summed E-state index contributed by atoms with van der Waals surface area (Å²) in [6.45, 7) is 0. The minimum atomic E-state index is -0.657. The molecule has 4 unspecified atom stereocenters. The molecule has 0 aromatic rings. The molecule has 5 heteroatoms. The van der Waals surface area contributed by atoms with Crippen molar-refractivity contribution >= 4 is 23.6 Å². The summed E-state index contributed by atoms with van der Waals surface area (Å²) in [4.78, 5) is 27.9. The molecule has 4 nitrogen and oxygen atoms in total. The first-order valence-corrected chi connectivity index (χ1v) is 8.53. The fourth-order valence-corrected chi connectivity index (χ4v) is 6.43. The van der Waals surface area contributed by atoms with E-state index in [1.807, 2.05) is 24.3 Å². The van der Waals surface area contributed by atoms with Crippen molar-refractivity contribution < 1.29 is 14.3 Å². The fraction of sp³-hybridized carbons (Fsp3) is 0.500. The van der Waals surface area contributed by atoms with Crippen LogP contribution in [0.15, 0.2) is 36.1 Å². The maximum atomic E-state index is 13.2. The molecule has 21 heavy (non-hydrogen) atoms. The number of rotatable bonds is 1. The molecule has 0 spiro atoms. The second-order valence-corrected chi connectivity index (χ2v) is 7.35. The second kappa shape index (κ2) is 3.70. The van der Waals surface area contributed by atoms with Gasteiger partial charge in [-0.25, -0.2) is 0 Å². The number of fused-ring (bicyclic) bond motifs is 2. The number of ether oxygens (including phenoxy) is 1. The van der Waals surface area contributed by atoms with Gasteiger partial charge in [0.2, 0.25) is 11.8 Å². The number of imide groups is 1. The van der Waals surface area contributed by atoms with Crippen LogP contribution in [-0.2, 0) is 14.3 Å². The second-order valence-electron chi connectivity index (χ2n) is 6.37. The molecule has 108 valence electrons. The standard InChI is InChI=1S/C16H15NO3S/c18-13-15-8-21-9-16(15,12-7-6-11(15)20-12)14(19)17(13)10-4-2-1-3-5-10/h1-2,4,6-7,11-12H,3,5,8-9H2. The molecule has 0 radical (unpaired) electrons. The summed E-state index contributed by atoms with van der Waals surface area (Å²) >= 11 is 1.72. The van der Waals surface area contributed by atoms with E-state index in [4.69, 9.17) is 4.74 Å². The van der Waals surface area contributed by atoms with E-state index in [2.05, 4.69) is 6.08 Å². The van der Waals surface area contributed by atoms with Crippen molar-refractivity contribution in [3.05, 3.63) is 36.1 Å². The molecule has 0 N–H and O–H groups in total. The summed E-state index contributed by atoms with van der Waals surface area (Å²) < 4.78 is 5.94. The summed E-state index contributed by atoms with van der Waals surface area (Å²) in [7, 11) is 0. The highest BCUT2D eigenvalue weighted by Crippen LogP contribution is 2.68. The van der Waals surface area contributed by atoms with Gasteiger partial charge >= 0.3 is 0 Å². The summed E-state index contributed by atoms with van der Waals surface area (Å²) in [6.07, 6.45) is 11.1. The molecular weight excluding hydrogens is 286 g/mol. The van der Waals surface area contributed by atoms with Crippen LogP contribution in [0.5, 0.6) is 0 Å². The average Bonchev–Trinajstić information content (AvgIpc) is 3.21. The maximum absolute atomic E-state index is 13.2. The van der Waals surface area contributed by atoms with Gasteiger partial charge in [0.25, 0.3) is 0 Å². The number of amides is 2. The predicted octanol–water partition coefficient (Wildman–Crippen LogP) is 1.65. The smallest absolute Gasteiger partial charge is 0.244 e. The lowest BCUT2D eigenvalue weighted by Gasteiger charge is -2.32. The van der Waals surface area contributed by atoms with Gasteiger partial charge < -0.3 is 4.74 Å². The van der Waals surface area contributed by atoms with Gasteiger partial charge in [0.1, 0.15) is 10.8 Å². The van der Waals surface area contributed by atoms with E-state index in [0.29, 0.717) is 11.5 Å². The number of carbonyl (C=O) groups excluding carboxylic acids is 2. The molecule has 3 fully saturated rings. The molecule has 2 amide bonds. The predicted molar refractivity (Wildman–Crippen MR) is 78.3 cm³/mol. The van der Waals surface area contributed by atoms with Crippen molar-refractivity contribution in [1.82, 2.24) is 4.90 Å². The van der Waals surface area contributed by atoms with Crippen molar-refractivity contribution in [3.8, 4) is 0 Å². The Balaban J connectivity index is 1.69. The van der Waals surface area contributed by atoms with Gasteiger partial charge in [-0.15, -0.1) is 0 Å². The monoisotopic (exact) mass is 301 g/mol. The number of carbonyl (C=O) groups is 2. The van der Waals surface area contributed by atoms with Gasteiger partial charge in [0.05, 0.1) is 12.2 Å². The molecule has 0 saturated carbocycles. The Morgan fingerprint density at radius 3 is 2.38 bits per heavy atom. The van der Waals surface area contributed by atoms with Gasteiger partial charge in [0.15, 0.2) is 0 Å². The van der Waals surface area contributed by atoms with Crippen molar-refractivity contribution in [1.29, 1.82) is 0 Å². The molecule has 2 bridgehead atoms. The fourth-order valence-electron chi connectivity index (χ4n) is 4.59. The van der Waals surface area contributed by atoms with Gasteiger partial charge in [-0.05, 0) is 18.9 Å². The Morgan fingerprint density at radius 1 is 1.14 bits per heavy atom. The van der Waals surface area contributed by atoms with E-state index in [0.717, 1.165) is 18.5 Å². The molecule has 4 aliphatic heterocycles. The van der Waals surface area contributed by atoms with E-state index in [9.17, 15) is 9.59 Å². The van der Waals surface area contributed by atoms with Crippen LogP contribution in [0.1, 0.15) is 12.8 Å². The van der Waals surface area contributed by atoms with E-state index >= 15 is 0 Å². The van der Waals surface area contributed by atoms with Crippen LogP contribution in [0.3, 0.4) is 0 Å². The molecule has 1 aliphatic carbocycles. The molecular formula is C16H15NO3S. The molecule has 5 aliphatic rings. The Hall–Kier alpha value is -1.33. The molecule has 4 heterocycles. The first kappa shape index (κ1) is 12.2. The van der Waals surface area contributed by atoms with Crippen molar-refractivity contribution in [2.24, 2.45) is 10.8 Å². The topological polar surface area (TPSA) is 46.6 Å². The minimum absolute atomic E-state index is 0.0316. The summed E-state index contributed by atoms with van der Waals surface area (Å²) in [6, 6.07) is 0. The minimum Gasteiger partial charge on any atom is -0.364 e. The van der Waals surface area contributed by atoms with Crippen LogP contribution in [0, 0.1) is 10.8 Å². The Morgan fingerprint density at radius 2 is 1.81 bits per heavy atom. The van der Waals surface area contributed by atoms with Gasteiger partial charge in [-0.3, -0.25) is 14.5 Å². The van der Waals surface area contributed by atoms with Crippen LogP contribution < -0.4 is 0 Å². The highest BCUT2D eigenvalue weighted by molar-refractivity contribution is 7.99. The maximum Gasteiger partial charge on any atom is 0.244 e. The first-order chi connectivity index (χ1) is 10.2. The summed E-state index contributed by atoms with van der Waals surface area (Å²) in [5.74, 6) is 1.33. The Kier molecular flexibility index (Phi) is 2.16. The third-order valence-corrected chi connectivity index (χ3v) is 6.95. The molecule has 4 atom stereocenters. The molecule has 3 saturated heterocycles. The third-order valence-electron chi connectivity index (χ3n) is 5.63. The van der Waals surface area contributed by atoms with Gasteiger partial charge in [-0.1, -0.05) is 24.3 Å². The normalized spacial score (nSPS) is 46.3. The first-order valence-electron chi connectivity index (χ1n) is 7.38. The summed E-state index contributed by atoms with van der Waals surface area (Å²) in [5.41, 5.74) is -0.460. The summed E-state index contributed by atoms with van der Waals surface area (Å²) in [5, 5.41) is 0. The molecule has 0 aromatic heterocycles. The van der Waals surface area contributed by atoms with Crippen LogP contribution in [-0.4, -0.2) is 40.4 Å². The van der Waals surface area contributed by atoms with Crippen LogP contribution in [0.2, 0.25) is 0 Å². The van der Waals surface area contributed by atoms with Crippen molar-refractivity contribution in [2.75, 3.05) is 11.5 Å². The average molecular weight is 301 g/mol. The number of allylic oxidation sites excluding steroid dienone is 4. The molecule has 0 aromatic carbocycles. The lowest BCUT2D eigenvalue weighted by molar-refractivity contribution is -0.142. The number of hydrogen-bond donors (Lipinski definition) is 0. The van der Waals surface area contributed by atoms with Crippen LogP contribution in [0.4, 0.5) is 0 Å². The zero-order valence-corrected chi connectivity index (χ0v) is 12.3. The zero-order chi connectivity index (χ0) is 14.2. The third kappa shape index (κ3) is 1.10. The zero-order valence-electron chi connectivity index (χ0n) is 11.5. The number of nitrogens with zero attached hydrogens (tertiary/aromatic N) is 1. The number of hydrogen-bond acceptors (Lipinski definition) is 4. The SMILES string of the molecule is O=C1N(C2=CC=CCC2)C(=O)C23CSCC12C1C=CC3O1. The quantitative estimate of drug-likeness (QED) is 0.546. The number of thioether (sulfide) groups is 1. The van der Waals surface area contributed by atoms with Crippen molar-refractivity contribution in [2.45, 2.75) is 25.0 Å². The Labute approximate surface area is 126 Å². The highest BCUT2D eigenvalue weighted by atomic mass is 32.2. The van der Waals surface area contributed by atoms with Crippen molar-refractivity contribution in [3.63, 3.8) is 0 Å². The lowest BCUT2D eigenvalue weighted by atomic mass is 9.61. The molecule has 5 rings (SSSR count). The van der Waals surface area contributed by atoms with E-state index in [-0.39, 0.29) is 24.0 Å².